The highest BCUT2D eigenvalue weighted by molar-refractivity contribution is 14.0. The number of piperazine rings is 1. The number of nitrogens with zero attached hydrogens (tertiary/aromatic N) is 3. The Kier molecular flexibility index (Phi) is 13.0. The first-order chi connectivity index (χ1) is 12.2. The van der Waals surface area contributed by atoms with E-state index < -0.39 is 5.60 Å². The lowest BCUT2D eigenvalue weighted by molar-refractivity contribution is 0.0145. The first kappa shape index (κ1) is 26.2. The Hall–Kier alpha value is -0.770. The van der Waals surface area contributed by atoms with Gasteiger partial charge in [-0.05, 0) is 47.5 Å². The van der Waals surface area contributed by atoms with Crippen molar-refractivity contribution < 1.29 is 9.53 Å². The molecule has 0 bridgehead atoms. The smallest absolute Gasteiger partial charge is 0.410 e. The van der Waals surface area contributed by atoms with Gasteiger partial charge in [-0.1, -0.05) is 6.92 Å². The number of halogens is 1. The Balaban J connectivity index is 0.00000676. The molecule has 1 rings (SSSR count). The number of hydrogen-bond acceptors (Lipinski definition) is 4. The third kappa shape index (κ3) is 11.6. The Morgan fingerprint density at radius 3 is 2.33 bits per heavy atom. The average molecular weight is 497 g/mol. The second kappa shape index (κ2) is 13.4. The van der Waals surface area contributed by atoms with Crippen LogP contribution in [0.5, 0.6) is 0 Å². The SMILES string of the molecule is CCNC(=NCCCN1CCN(C(=O)OC(C)(C)C)CC1)NC(C)CC.I. The molecule has 1 unspecified atom stereocenters. The van der Waals surface area contributed by atoms with Gasteiger partial charge in [-0.3, -0.25) is 9.89 Å². The van der Waals surface area contributed by atoms with Gasteiger partial charge in [-0.15, -0.1) is 24.0 Å². The van der Waals surface area contributed by atoms with Crippen molar-refractivity contribution in [3.05, 3.63) is 0 Å². The minimum Gasteiger partial charge on any atom is -0.444 e. The Morgan fingerprint density at radius 1 is 1.19 bits per heavy atom. The predicted octanol–water partition coefficient (Wildman–Crippen LogP) is 2.90. The fourth-order valence-electron chi connectivity index (χ4n) is 2.62. The molecular formula is C19H40IN5O2. The molecular weight excluding hydrogens is 457 g/mol. The van der Waals surface area contributed by atoms with E-state index in [0.29, 0.717) is 6.04 Å². The summed E-state index contributed by atoms with van der Waals surface area (Å²) in [6.07, 6.45) is 1.89. The number of aliphatic imine (C=N–C) groups is 1. The standard InChI is InChI=1S/C19H39N5O2.HI/c1-7-16(3)22-17(20-8-2)21-10-9-11-23-12-14-24(15-13-23)18(25)26-19(4,5)6;/h16H,7-15H2,1-6H3,(H2,20,21,22);1H. The van der Waals surface area contributed by atoms with E-state index in [0.717, 1.165) is 64.6 Å². The van der Waals surface area contributed by atoms with E-state index in [-0.39, 0.29) is 30.1 Å². The van der Waals surface area contributed by atoms with E-state index in [9.17, 15) is 4.79 Å². The van der Waals surface area contributed by atoms with Crippen molar-refractivity contribution in [3.63, 3.8) is 0 Å². The van der Waals surface area contributed by atoms with Crippen LogP contribution in [0.2, 0.25) is 0 Å². The van der Waals surface area contributed by atoms with Crippen LogP contribution in [0.1, 0.15) is 54.4 Å². The summed E-state index contributed by atoms with van der Waals surface area (Å²) in [6, 6.07) is 0.425. The molecule has 1 amide bonds. The molecule has 0 aromatic heterocycles. The van der Waals surface area contributed by atoms with Gasteiger partial charge in [0.25, 0.3) is 0 Å². The summed E-state index contributed by atoms with van der Waals surface area (Å²) in [6.45, 7) is 18.1. The first-order valence-corrected chi connectivity index (χ1v) is 10.00. The molecule has 1 aliphatic heterocycles. The number of guanidine groups is 1. The summed E-state index contributed by atoms with van der Waals surface area (Å²) in [5, 5.41) is 6.70. The quantitative estimate of drug-likeness (QED) is 0.245. The Morgan fingerprint density at radius 2 is 1.81 bits per heavy atom. The summed E-state index contributed by atoms with van der Waals surface area (Å²) in [5.41, 5.74) is -0.431. The molecule has 1 atom stereocenters. The highest BCUT2D eigenvalue weighted by atomic mass is 127. The van der Waals surface area contributed by atoms with Gasteiger partial charge >= 0.3 is 6.09 Å². The van der Waals surface area contributed by atoms with E-state index in [1.165, 1.54) is 0 Å². The fraction of sp³-hybridized carbons (Fsp3) is 0.895. The van der Waals surface area contributed by atoms with E-state index in [2.05, 4.69) is 41.3 Å². The molecule has 1 fully saturated rings. The maximum atomic E-state index is 12.1. The van der Waals surface area contributed by atoms with Gasteiger partial charge in [0.2, 0.25) is 0 Å². The lowest BCUT2D eigenvalue weighted by atomic mass is 10.2. The summed E-state index contributed by atoms with van der Waals surface area (Å²) in [5.74, 6) is 0.900. The number of carbonyl (C=O) groups is 1. The zero-order valence-corrected chi connectivity index (χ0v) is 20.3. The van der Waals surface area contributed by atoms with Gasteiger partial charge in [-0.2, -0.15) is 0 Å². The number of nitrogens with one attached hydrogen (secondary N) is 2. The molecule has 2 N–H and O–H groups in total. The maximum Gasteiger partial charge on any atom is 0.410 e. The van der Waals surface area contributed by atoms with Crippen LogP contribution >= 0.6 is 24.0 Å². The van der Waals surface area contributed by atoms with Crippen molar-refractivity contribution in [2.45, 2.75) is 66.0 Å². The fourth-order valence-corrected chi connectivity index (χ4v) is 2.62. The molecule has 0 aliphatic carbocycles. The molecule has 0 saturated carbocycles. The van der Waals surface area contributed by atoms with Crippen LogP contribution in [-0.4, -0.2) is 79.3 Å². The third-order valence-electron chi connectivity index (χ3n) is 4.27. The number of hydrogen-bond donors (Lipinski definition) is 2. The monoisotopic (exact) mass is 497 g/mol. The molecule has 0 radical (unpaired) electrons. The zero-order valence-electron chi connectivity index (χ0n) is 18.0. The second-order valence-corrected chi connectivity index (χ2v) is 7.88. The molecule has 27 heavy (non-hydrogen) atoms. The lowest BCUT2D eigenvalue weighted by Crippen LogP contribution is -2.50. The van der Waals surface area contributed by atoms with Crippen molar-refractivity contribution in [1.82, 2.24) is 20.4 Å². The molecule has 0 spiro atoms. The summed E-state index contributed by atoms with van der Waals surface area (Å²) in [4.78, 5) is 20.9. The van der Waals surface area contributed by atoms with Crippen LogP contribution in [-0.2, 0) is 4.74 Å². The van der Waals surface area contributed by atoms with Crippen molar-refractivity contribution in [1.29, 1.82) is 0 Å². The van der Waals surface area contributed by atoms with Crippen LogP contribution in [0.4, 0.5) is 4.79 Å². The highest BCUT2D eigenvalue weighted by Gasteiger charge is 2.25. The predicted molar refractivity (Wildman–Crippen MR) is 123 cm³/mol. The van der Waals surface area contributed by atoms with Crippen molar-refractivity contribution >= 4 is 36.0 Å². The van der Waals surface area contributed by atoms with Crippen LogP contribution in [0, 0.1) is 0 Å². The van der Waals surface area contributed by atoms with Crippen molar-refractivity contribution in [2.24, 2.45) is 4.99 Å². The number of carbonyl (C=O) groups excluding carboxylic acids is 1. The summed E-state index contributed by atoms with van der Waals surface area (Å²) in [7, 11) is 0. The molecule has 1 saturated heterocycles. The maximum absolute atomic E-state index is 12.1. The first-order valence-electron chi connectivity index (χ1n) is 10.00. The number of ether oxygens (including phenoxy) is 1. The van der Waals surface area contributed by atoms with Crippen LogP contribution in [0.3, 0.4) is 0 Å². The lowest BCUT2D eigenvalue weighted by Gasteiger charge is -2.35. The molecule has 160 valence electrons. The van der Waals surface area contributed by atoms with Crippen molar-refractivity contribution in [3.8, 4) is 0 Å². The average Bonchev–Trinajstić information content (AvgIpc) is 2.57. The van der Waals surface area contributed by atoms with E-state index in [4.69, 9.17) is 4.74 Å². The zero-order chi connectivity index (χ0) is 19.6. The normalized spacial score (nSPS) is 17.1. The summed E-state index contributed by atoms with van der Waals surface area (Å²) >= 11 is 0. The van der Waals surface area contributed by atoms with Gasteiger partial charge in [-0.25, -0.2) is 4.79 Å². The Bertz CT molecular complexity index is 446. The molecule has 1 aliphatic rings. The molecule has 1 heterocycles. The third-order valence-corrected chi connectivity index (χ3v) is 4.27. The highest BCUT2D eigenvalue weighted by Crippen LogP contribution is 2.12. The number of rotatable bonds is 7. The summed E-state index contributed by atoms with van der Waals surface area (Å²) < 4.78 is 5.44. The molecule has 0 aromatic rings. The molecule has 0 aromatic carbocycles. The largest absolute Gasteiger partial charge is 0.444 e. The van der Waals surface area contributed by atoms with E-state index in [1.807, 2.05) is 20.8 Å². The van der Waals surface area contributed by atoms with Crippen LogP contribution in [0.15, 0.2) is 4.99 Å². The minimum atomic E-state index is -0.431. The number of amides is 1. The Labute approximate surface area is 182 Å². The van der Waals surface area contributed by atoms with Crippen molar-refractivity contribution in [2.75, 3.05) is 45.8 Å². The van der Waals surface area contributed by atoms with Gasteiger partial charge in [0.05, 0.1) is 0 Å². The van der Waals surface area contributed by atoms with Crippen LogP contribution in [0.25, 0.3) is 0 Å². The van der Waals surface area contributed by atoms with Gasteiger partial charge in [0.15, 0.2) is 5.96 Å². The van der Waals surface area contributed by atoms with E-state index >= 15 is 0 Å². The molecule has 8 heteroatoms. The topological polar surface area (TPSA) is 69.2 Å². The van der Waals surface area contributed by atoms with E-state index in [1.54, 1.807) is 4.90 Å². The van der Waals surface area contributed by atoms with Crippen LogP contribution < -0.4 is 10.6 Å². The minimum absolute atomic E-state index is 0. The van der Waals surface area contributed by atoms with Gasteiger partial charge in [0.1, 0.15) is 5.60 Å². The van der Waals surface area contributed by atoms with Gasteiger partial charge < -0.3 is 20.3 Å². The van der Waals surface area contributed by atoms with Gasteiger partial charge in [0, 0.05) is 51.9 Å². The molecule has 7 nitrogen and oxygen atoms in total. The second-order valence-electron chi connectivity index (χ2n) is 7.88.